The number of fused-ring (bicyclic) bond motifs is 1. The summed E-state index contributed by atoms with van der Waals surface area (Å²) in [5, 5.41) is 4.27. The molecule has 2 aliphatic rings. The zero-order valence-corrected chi connectivity index (χ0v) is 21.4. The molecule has 9 nitrogen and oxygen atoms in total. The van der Waals surface area contributed by atoms with Crippen molar-refractivity contribution in [3.05, 3.63) is 35.2 Å². The van der Waals surface area contributed by atoms with Gasteiger partial charge in [0.1, 0.15) is 25.4 Å². The van der Waals surface area contributed by atoms with E-state index in [0.717, 1.165) is 43.8 Å². The van der Waals surface area contributed by atoms with Crippen LogP contribution in [0.15, 0.2) is 23.4 Å². The molecule has 0 spiro atoms. The first-order chi connectivity index (χ1) is 16.7. The number of oxime groups is 1. The fraction of sp³-hybridized carbons (Fsp3) is 0.615. The number of anilines is 1. The molecule has 0 saturated heterocycles. The van der Waals surface area contributed by atoms with Crippen molar-refractivity contribution in [2.75, 3.05) is 31.2 Å². The van der Waals surface area contributed by atoms with E-state index < -0.39 is 24.1 Å². The van der Waals surface area contributed by atoms with Crippen LogP contribution in [0.3, 0.4) is 0 Å². The van der Waals surface area contributed by atoms with Gasteiger partial charge in [0.2, 0.25) is 0 Å². The number of hydrogen-bond acceptors (Lipinski definition) is 9. The van der Waals surface area contributed by atoms with Crippen LogP contribution in [0, 0.1) is 13.8 Å². The van der Waals surface area contributed by atoms with Crippen molar-refractivity contribution in [2.24, 2.45) is 5.16 Å². The summed E-state index contributed by atoms with van der Waals surface area (Å²) in [5.41, 5.74) is 5.68. The minimum atomic E-state index is -0.591. The van der Waals surface area contributed by atoms with E-state index in [0.29, 0.717) is 13.0 Å². The van der Waals surface area contributed by atoms with Crippen molar-refractivity contribution in [3.8, 4) is 0 Å². The molecule has 3 rings (SSSR count). The topological polar surface area (TPSA) is 99.6 Å². The smallest absolute Gasteiger partial charge is 0.303 e. The van der Waals surface area contributed by atoms with E-state index in [-0.39, 0.29) is 12.7 Å². The Bertz CT molecular complexity index is 961. The molecule has 0 N–H and O–H groups in total. The van der Waals surface area contributed by atoms with Crippen LogP contribution >= 0.6 is 0 Å². The van der Waals surface area contributed by atoms with Crippen LogP contribution in [0.25, 0.3) is 0 Å². The average molecular weight is 488 g/mol. The molecule has 0 radical (unpaired) electrons. The van der Waals surface area contributed by atoms with E-state index in [1.165, 1.54) is 30.8 Å². The van der Waals surface area contributed by atoms with Crippen LogP contribution in [-0.4, -0.2) is 67.2 Å². The predicted molar refractivity (Wildman–Crippen MR) is 133 cm³/mol. The summed E-state index contributed by atoms with van der Waals surface area (Å²) in [6, 6.07) is 2.25. The number of pyridine rings is 1. The number of carbonyl (C=O) groups excluding carboxylic acids is 2. The second-order valence-electron chi connectivity index (χ2n) is 9.12. The van der Waals surface area contributed by atoms with E-state index in [2.05, 4.69) is 30.0 Å². The number of nitrogens with zero attached hydrogens (tertiary/aromatic N) is 3. The van der Waals surface area contributed by atoms with Gasteiger partial charge in [-0.15, -0.1) is 0 Å². The molecule has 0 fully saturated rings. The lowest BCUT2D eigenvalue weighted by Crippen LogP contribution is -2.41. The third-order valence-electron chi connectivity index (χ3n) is 6.15. The van der Waals surface area contributed by atoms with Crippen LogP contribution in [0.4, 0.5) is 5.69 Å². The van der Waals surface area contributed by atoms with Crippen molar-refractivity contribution < 1.29 is 28.6 Å². The molecule has 35 heavy (non-hydrogen) atoms. The lowest BCUT2D eigenvalue weighted by atomic mass is 10.0. The van der Waals surface area contributed by atoms with Crippen molar-refractivity contribution in [2.45, 2.75) is 78.6 Å². The van der Waals surface area contributed by atoms with E-state index in [1.807, 2.05) is 13.0 Å². The maximum atomic E-state index is 11.3. The van der Waals surface area contributed by atoms with Gasteiger partial charge in [0.25, 0.3) is 0 Å². The summed E-state index contributed by atoms with van der Waals surface area (Å²) in [5.74, 6) is -0.832. The Morgan fingerprint density at radius 1 is 1.20 bits per heavy atom. The molecule has 1 aromatic heterocycles. The number of ether oxygens (including phenoxy) is 3. The Balaban J connectivity index is 1.45. The van der Waals surface area contributed by atoms with Crippen LogP contribution in [-0.2, 0) is 35.1 Å². The fourth-order valence-electron chi connectivity index (χ4n) is 4.17. The number of aryl methyl sites for hydroxylation is 3. The third kappa shape index (κ3) is 8.06. The van der Waals surface area contributed by atoms with E-state index in [4.69, 9.17) is 24.0 Å². The molecule has 0 aromatic carbocycles. The highest BCUT2D eigenvalue weighted by Gasteiger charge is 2.30. The molecule has 3 atom stereocenters. The molecular formula is C26H37N3O6. The summed E-state index contributed by atoms with van der Waals surface area (Å²) >= 11 is 0. The van der Waals surface area contributed by atoms with Crippen molar-refractivity contribution in [1.29, 1.82) is 0 Å². The molecule has 0 bridgehead atoms. The molecule has 1 aromatic rings. The Morgan fingerprint density at radius 3 is 2.74 bits per heavy atom. The first kappa shape index (κ1) is 26.7. The average Bonchev–Trinajstić information content (AvgIpc) is 2.80. The molecule has 0 amide bonds. The first-order valence-corrected chi connectivity index (χ1v) is 12.2. The van der Waals surface area contributed by atoms with Gasteiger partial charge in [0.05, 0.1) is 23.2 Å². The normalized spacial score (nSPS) is 21.9. The zero-order chi connectivity index (χ0) is 25.4. The van der Waals surface area contributed by atoms with Gasteiger partial charge in [-0.2, -0.15) is 0 Å². The van der Waals surface area contributed by atoms with Gasteiger partial charge in [0, 0.05) is 45.5 Å². The highest BCUT2D eigenvalue weighted by atomic mass is 16.6. The summed E-state index contributed by atoms with van der Waals surface area (Å²) in [7, 11) is 0. The Hall–Kier alpha value is -2.94. The molecule has 192 valence electrons. The third-order valence-corrected chi connectivity index (χ3v) is 6.15. The summed E-state index contributed by atoms with van der Waals surface area (Å²) < 4.78 is 16.3. The fourth-order valence-corrected chi connectivity index (χ4v) is 4.17. The van der Waals surface area contributed by atoms with E-state index >= 15 is 0 Å². The van der Waals surface area contributed by atoms with Crippen LogP contribution < -0.4 is 4.90 Å². The van der Waals surface area contributed by atoms with Gasteiger partial charge in [-0.05, 0) is 51.3 Å². The SMILES string of the molecule is CC(=O)OC[C@H]1O[C@H](CCO/N=C(\C)CCN2CCCc3nc(C)c(C)cc32)C=C[C@@H]1OC(C)=O. The molecule has 9 heteroatoms. The van der Waals surface area contributed by atoms with E-state index in [9.17, 15) is 9.59 Å². The molecular weight excluding hydrogens is 450 g/mol. The molecule has 2 aliphatic heterocycles. The number of hydrogen-bond donors (Lipinski definition) is 0. The highest BCUT2D eigenvalue weighted by Crippen LogP contribution is 2.27. The Kier molecular flexibility index (Phi) is 9.65. The lowest BCUT2D eigenvalue weighted by molar-refractivity contribution is -0.164. The Labute approximate surface area is 207 Å². The van der Waals surface area contributed by atoms with Gasteiger partial charge in [-0.25, -0.2) is 0 Å². The molecule has 0 unspecified atom stereocenters. The van der Waals surface area contributed by atoms with Gasteiger partial charge < -0.3 is 23.9 Å². The van der Waals surface area contributed by atoms with Crippen molar-refractivity contribution in [1.82, 2.24) is 4.98 Å². The number of rotatable bonds is 10. The second-order valence-corrected chi connectivity index (χ2v) is 9.12. The van der Waals surface area contributed by atoms with Gasteiger partial charge in [0.15, 0.2) is 0 Å². The molecule has 0 aliphatic carbocycles. The minimum absolute atomic E-state index is 0.0144. The lowest BCUT2D eigenvalue weighted by Gasteiger charge is -2.31. The van der Waals surface area contributed by atoms with Crippen LogP contribution in [0.5, 0.6) is 0 Å². The second kappa shape index (κ2) is 12.7. The maximum absolute atomic E-state index is 11.3. The maximum Gasteiger partial charge on any atom is 0.303 e. The largest absolute Gasteiger partial charge is 0.463 e. The number of esters is 2. The first-order valence-electron chi connectivity index (χ1n) is 12.2. The van der Waals surface area contributed by atoms with Gasteiger partial charge in [-0.1, -0.05) is 11.2 Å². The van der Waals surface area contributed by atoms with E-state index in [1.54, 1.807) is 6.08 Å². The number of aromatic nitrogens is 1. The summed E-state index contributed by atoms with van der Waals surface area (Å²) in [6.07, 6.45) is 5.73. The van der Waals surface area contributed by atoms with Crippen molar-refractivity contribution in [3.63, 3.8) is 0 Å². The molecule has 3 heterocycles. The zero-order valence-electron chi connectivity index (χ0n) is 21.4. The molecule has 0 saturated carbocycles. The monoisotopic (exact) mass is 487 g/mol. The van der Waals surface area contributed by atoms with Gasteiger partial charge in [-0.3, -0.25) is 14.6 Å². The minimum Gasteiger partial charge on any atom is -0.463 e. The van der Waals surface area contributed by atoms with Crippen LogP contribution in [0.1, 0.15) is 57.0 Å². The summed E-state index contributed by atoms with van der Waals surface area (Å²) in [6.45, 7) is 11.1. The predicted octanol–water partition coefficient (Wildman–Crippen LogP) is 3.44. The quantitative estimate of drug-likeness (QED) is 0.163. The van der Waals surface area contributed by atoms with Crippen LogP contribution in [0.2, 0.25) is 0 Å². The Morgan fingerprint density at radius 2 is 2.00 bits per heavy atom. The van der Waals surface area contributed by atoms with Crippen molar-refractivity contribution >= 4 is 23.3 Å². The highest BCUT2D eigenvalue weighted by molar-refractivity contribution is 5.82. The number of carbonyl (C=O) groups is 2. The summed E-state index contributed by atoms with van der Waals surface area (Å²) in [4.78, 5) is 35.2. The van der Waals surface area contributed by atoms with Gasteiger partial charge >= 0.3 is 11.9 Å². The standard InChI is InChI=1S/C26H37N3O6/c1-17-15-24-23(27-19(17)3)7-6-12-29(24)13-10-18(2)28-33-14-11-22-8-9-25(34-21(5)31)26(35-22)16-32-20(4)30/h8-9,15,22,25-26H,6-7,10-14,16H2,1-5H3/b28-18+/t22-,25-,26+/m0/s1.